The SMILES string of the molecule is NCc1cc2n(c1)CCCC2. The molecule has 0 amide bonds. The lowest BCUT2D eigenvalue weighted by molar-refractivity contribution is 0.533. The van der Waals surface area contributed by atoms with E-state index in [1.165, 1.54) is 37.1 Å². The predicted molar refractivity (Wildman–Crippen MR) is 45.3 cm³/mol. The minimum absolute atomic E-state index is 0.681. The van der Waals surface area contributed by atoms with E-state index in [-0.39, 0.29) is 0 Å². The zero-order valence-electron chi connectivity index (χ0n) is 6.71. The van der Waals surface area contributed by atoms with Crippen molar-refractivity contribution >= 4 is 0 Å². The Bertz CT molecular complexity index is 227. The van der Waals surface area contributed by atoms with Crippen molar-refractivity contribution in [2.75, 3.05) is 0 Å². The fourth-order valence-electron chi connectivity index (χ4n) is 1.74. The number of aromatic nitrogens is 1. The minimum Gasteiger partial charge on any atom is -0.351 e. The van der Waals surface area contributed by atoms with Crippen LogP contribution in [0.15, 0.2) is 12.3 Å². The molecule has 0 atom stereocenters. The number of nitrogens with zero attached hydrogens (tertiary/aromatic N) is 1. The van der Waals surface area contributed by atoms with Gasteiger partial charge in [-0.25, -0.2) is 0 Å². The second-order valence-corrected chi connectivity index (χ2v) is 3.19. The van der Waals surface area contributed by atoms with Crippen molar-refractivity contribution < 1.29 is 0 Å². The summed E-state index contributed by atoms with van der Waals surface area (Å²) in [5.74, 6) is 0. The molecule has 2 rings (SSSR count). The number of aryl methyl sites for hydroxylation is 2. The van der Waals surface area contributed by atoms with E-state index in [0.29, 0.717) is 6.54 Å². The zero-order valence-corrected chi connectivity index (χ0v) is 6.71. The minimum atomic E-state index is 0.681. The van der Waals surface area contributed by atoms with Crippen LogP contribution in [0.3, 0.4) is 0 Å². The molecule has 2 heteroatoms. The Balaban J connectivity index is 2.32. The first-order valence-electron chi connectivity index (χ1n) is 4.28. The van der Waals surface area contributed by atoms with Gasteiger partial charge in [0.2, 0.25) is 0 Å². The first kappa shape index (κ1) is 6.92. The molecular formula is C9H14N2. The van der Waals surface area contributed by atoms with Crippen LogP contribution < -0.4 is 5.73 Å². The largest absolute Gasteiger partial charge is 0.351 e. The Morgan fingerprint density at radius 1 is 1.45 bits per heavy atom. The summed E-state index contributed by atoms with van der Waals surface area (Å²) >= 11 is 0. The van der Waals surface area contributed by atoms with Crippen LogP contribution in [-0.2, 0) is 19.5 Å². The summed E-state index contributed by atoms with van der Waals surface area (Å²) in [6.45, 7) is 1.87. The Morgan fingerprint density at radius 2 is 2.36 bits per heavy atom. The van der Waals surface area contributed by atoms with Gasteiger partial charge in [-0.15, -0.1) is 0 Å². The number of hydrogen-bond acceptors (Lipinski definition) is 1. The molecule has 0 fully saturated rings. The van der Waals surface area contributed by atoms with Crippen LogP contribution in [0.25, 0.3) is 0 Å². The molecule has 0 saturated carbocycles. The van der Waals surface area contributed by atoms with E-state index in [1.54, 1.807) is 0 Å². The van der Waals surface area contributed by atoms with Crippen LogP contribution in [0.5, 0.6) is 0 Å². The van der Waals surface area contributed by atoms with E-state index in [0.717, 1.165) is 0 Å². The van der Waals surface area contributed by atoms with Gasteiger partial charge in [-0.05, 0) is 30.9 Å². The highest BCUT2D eigenvalue weighted by molar-refractivity contribution is 5.19. The standard InChI is InChI=1S/C9H14N2/c10-6-8-5-9-3-1-2-4-11(9)7-8/h5,7H,1-4,6,10H2. The Morgan fingerprint density at radius 3 is 3.09 bits per heavy atom. The second-order valence-electron chi connectivity index (χ2n) is 3.19. The lowest BCUT2D eigenvalue weighted by Crippen LogP contribution is -2.07. The molecular weight excluding hydrogens is 136 g/mol. The molecule has 2 N–H and O–H groups in total. The number of nitrogens with two attached hydrogens (primary N) is 1. The first-order valence-corrected chi connectivity index (χ1v) is 4.28. The molecule has 0 aliphatic carbocycles. The molecule has 0 radical (unpaired) electrons. The molecule has 0 unspecified atom stereocenters. The maximum absolute atomic E-state index is 5.55. The summed E-state index contributed by atoms with van der Waals surface area (Å²) in [6.07, 6.45) is 6.09. The van der Waals surface area contributed by atoms with Crippen LogP contribution in [0.1, 0.15) is 24.1 Å². The highest BCUT2D eigenvalue weighted by atomic mass is 15.0. The van der Waals surface area contributed by atoms with Gasteiger partial charge in [0.25, 0.3) is 0 Å². The lowest BCUT2D eigenvalue weighted by atomic mass is 10.1. The van der Waals surface area contributed by atoms with Crippen molar-refractivity contribution in [3.05, 3.63) is 23.5 Å². The van der Waals surface area contributed by atoms with Gasteiger partial charge in [0, 0.05) is 25.0 Å². The van der Waals surface area contributed by atoms with E-state index in [1.807, 2.05) is 0 Å². The summed E-state index contributed by atoms with van der Waals surface area (Å²) in [5, 5.41) is 0. The molecule has 1 aromatic heterocycles. The van der Waals surface area contributed by atoms with E-state index in [2.05, 4.69) is 16.8 Å². The molecule has 0 aromatic carbocycles. The molecule has 1 aromatic rings. The normalized spacial score (nSPS) is 16.5. The quantitative estimate of drug-likeness (QED) is 0.642. The molecule has 11 heavy (non-hydrogen) atoms. The average Bonchev–Trinajstić information content (AvgIpc) is 2.46. The fourth-order valence-corrected chi connectivity index (χ4v) is 1.74. The predicted octanol–water partition coefficient (Wildman–Crippen LogP) is 1.28. The third-order valence-electron chi connectivity index (χ3n) is 2.36. The van der Waals surface area contributed by atoms with Crippen LogP contribution in [0, 0.1) is 0 Å². The van der Waals surface area contributed by atoms with Crippen LogP contribution >= 0.6 is 0 Å². The maximum atomic E-state index is 5.55. The van der Waals surface area contributed by atoms with Crippen LogP contribution in [0.4, 0.5) is 0 Å². The van der Waals surface area contributed by atoms with Gasteiger partial charge >= 0.3 is 0 Å². The van der Waals surface area contributed by atoms with Crippen molar-refractivity contribution in [3.63, 3.8) is 0 Å². The summed E-state index contributed by atoms with van der Waals surface area (Å²) in [6, 6.07) is 2.24. The molecule has 0 bridgehead atoms. The van der Waals surface area contributed by atoms with Crippen molar-refractivity contribution in [2.24, 2.45) is 5.73 Å². The van der Waals surface area contributed by atoms with Crippen molar-refractivity contribution in [2.45, 2.75) is 32.4 Å². The van der Waals surface area contributed by atoms with Gasteiger partial charge in [-0.1, -0.05) is 0 Å². The van der Waals surface area contributed by atoms with Crippen molar-refractivity contribution in [1.82, 2.24) is 4.57 Å². The van der Waals surface area contributed by atoms with E-state index >= 15 is 0 Å². The van der Waals surface area contributed by atoms with Crippen LogP contribution in [-0.4, -0.2) is 4.57 Å². The topological polar surface area (TPSA) is 30.9 Å². The van der Waals surface area contributed by atoms with Gasteiger partial charge in [0.1, 0.15) is 0 Å². The zero-order chi connectivity index (χ0) is 7.68. The Labute approximate surface area is 67.0 Å². The molecule has 0 saturated heterocycles. The van der Waals surface area contributed by atoms with Crippen LogP contribution in [0.2, 0.25) is 0 Å². The fraction of sp³-hybridized carbons (Fsp3) is 0.556. The smallest absolute Gasteiger partial charge is 0.0222 e. The number of rotatable bonds is 1. The Kier molecular flexibility index (Phi) is 1.70. The molecule has 1 aliphatic heterocycles. The van der Waals surface area contributed by atoms with Gasteiger partial charge in [-0.2, -0.15) is 0 Å². The summed E-state index contributed by atoms with van der Waals surface area (Å²) < 4.78 is 2.34. The Hall–Kier alpha value is -0.760. The molecule has 1 aliphatic rings. The lowest BCUT2D eigenvalue weighted by Gasteiger charge is -2.13. The van der Waals surface area contributed by atoms with E-state index in [9.17, 15) is 0 Å². The third kappa shape index (κ3) is 1.18. The van der Waals surface area contributed by atoms with Gasteiger partial charge in [0.15, 0.2) is 0 Å². The summed E-state index contributed by atoms with van der Waals surface area (Å²) in [4.78, 5) is 0. The summed E-state index contributed by atoms with van der Waals surface area (Å²) in [5.41, 5.74) is 8.30. The van der Waals surface area contributed by atoms with Crippen molar-refractivity contribution in [3.8, 4) is 0 Å². The third-order valence-corrected chi connectivity index (χ3v) is 2.36. The number of hydrogen-bond donors (Lipinski definition) is 1. The van der Waals surface area contributed by atoms with E-state index < -0.39 is 0 Å². The second kappa shape index (κ2) is 2.70. The van der Waals surface area contributed by atoms with Gasteiger partial charge in [-0.3, -0.25) is 0 Å². The monoisotopic (exact) mass is 150 g/mol. The molecule has 2 heterocycles. The molecule has 60 valence electrons. The summed E-state index contributed by atoms with van der Waals surface area (Å²) in [7, 11) is 0. The number of fused-ring (bicyclic) bond motifs is 1. The van der Waals surface area contributed by atoms with Crippen molar-refractivity contribution in [1.29, 1.82) is 0 Å². The highest BCUT2D eigenvalue weighted by Crippen LogP contribution is 2.17. The molecule has 2 nitrogen and oxygen atoms in total. The first-order chi connectivity index (χ1) is 5.40. The molecule has 0 spiro atoms. The average molecular weight is 150 g/mol. The van der Waals surface area contributed by atoms with Gasteiger partial charge < -0.3 is 10.3 Å². The van der Waals surface area contributed by atoms with Gasteiger partial charge in [0.05, 0.1) is 0 Å². The maximum Gasteiger partial charge on any atom is 0.0222 e. The highest BCUT2D eigenvalue weighted by Gasteiger charge is 2.08. The van der Waals surface area contributed by atoms with E-state index in [4.69, 9.17) is 5.73 Å².